The van der Waals surface area contributed by atoms with Gasteiger partial charge in [-0.05, 0) is 19.9 Å². The Kier molecular flexibility index (Phi) is 5.64. The number of nitriles is 1. The highest BCUT2D eigenvalue weighted by atomic mass is 16.5. The molecule has 70 valence electrons. The van der Waals surface area contributed by atoms with Crippen molar-refractivity contribution >= 4 is 0 Å². The van der Waals surface area contributed by atoms with Crippen LogP contribution in [0, 0.1) is 11.3 Å². The Morgan fingerprint density at radius 1 is 1.67 bits per heavy atom. The first kappa shape index (κ1) is 11.4. The first-order chi connectivity index (χ1) is 5.68. The summed E-state index contributed by atoms with van der Waals surface area (Å²) in [5, 5.41) is 20.3. The normalized spacial score (nSPS) is 15.2. The van der Waals surface area contributed by atoms with Crippen LogP contribution in [0.5, 0.6) is 0 Å². The number of aliphatic hydroxyl groups is 1. The molecule has 1 atom stereocenters. The number of hydrogen-bond donors (Lipinski definition) is 2. The summed E-state index contributed by atoms with van der Waals surface area (Å²) < 4.78 is 4.88. The molecule has 0 aliphatic carbocycles. The Bertz CT molecular complexity index is 156. The van der Waals surface area contributed by atoms with E-state index in [9.17, 15) is 0 Å². The highest BCUT2D eigenvalue weighted by Gasteiger charge is 2.21. The first-order valence-electron chi connectivity index (χ1n) is 3.94. The van der Waals surface area contributed by atoms with Gasteiger partial charge in [0.1, 0.15) is 5.54 Å². The van der Waals surface area contributed by atoms with Gasteiger partial charge in [-0.15, -0.1) is 0 Å². The number of rotatable bonds is 6. The van der Waals surface area contributed by atoms with Crippen LogP contribution < -0.4 is 5.32 Å². The smallest absolute Gasteiger partial charge is 0.127 e. The summed E-state index contributed by atoms with van der Waals surface area (Å²) in [4.78, 5) is 0. The van der Waals surface area contributed by atoms with Gasteiger partial charge >= 0.3 is 0 Å². The van der Waals surface area contributed by atoms with Gasteiger partial charge in [-0.3, -0.25) is 5.32 Å². The Morgan fingerprint density at radius 3 is 2.75 bits per heavy atom. The molecule has 0 fully saturated rings. The molecule has 4 heteroatoms. The van der Waals surface area contributed by atoms with E-state index in [1.54, 1.807) is 14.0 Å². The molecule has 0 saturated heterocycles. The Hall–Kier alpha value is -0.630. The fraction of sp³-hybridized carbons (Fsp3) is 0.875. The predicted molar refractivity (Wildman–Crippen MR) is 45.6 cm³/mol. The van der Waals surface area contributed by atoms with E-state index in [0.717, 1.165) is 0 Å². The minimum Gasteiger partial charge on any atom is -0.396 e. The van der Waals surface area contributed by atoms with E-state index < -0.39 is 5.54 Å². The maximum atomic E-state index is 8.76. The molecule has 0 aliphatic heterocycles. The summed E-state index contributed by atoms with van der Waals surface area (Å²) in [5.41, 5.74) is -0.635. The fourth-order valence-electron chi connectivity index (χ4n) is 0.855. The minimum atomic E-state index is -0.635. The molecule has 0 rings (SSSR count). The standard InChI is InChI=1S/C8H16N2O2/c1-8(6-9,7-12-2)10-4-3-5-11/h10-11H,3-5,7H2,1-2H3. The van der Waals surface area contributed by atoms with Crippen molar-refractivity contribution in [1.29, 1.82) is 5.26 Å². The summed E-state index contributed by atoms with van der Waals surface area (Å²) in [6, 6.07) is 2.12. The van der Waals surface area contributed by atoms with Crippen LogP contribution in [0.3, 0.4) is 0 Å². The lowest BCUT2D eigenvalue weighted by Gasteiger charge is -2.21. The molecule has 0 bridgehead atoms. The van der Waals surface area contributed by atoms with Crippen molar-refractivity contribution in [2.75, 3.05) is 26.9 Å². The number of nitrogens with zero attached hydrogens (tertiary/aromatic N) is 1. The van der Waals surface area contributed by atoms with Crippen molar-refractivity contribution in [2.24, 2.45) is 0 Å². The fourth-order valence-corrected chi connectivity index (χ4v) is 0.855. The Morgan fingerprint density at radius 2 is 2.33 bits per heavy atom. The SMILES string of the molecule is COCC(C)(C#N)NCCCO. The number of ether oxygens (including phenoxy) is 1. The predicted octanol–water partition coefficient (Wildman–Crippen LogP) is -0.113. The highest BCUT2D eigenvalue weighted by molar-refractivity contribution is 5.03. The van der Waals surface area contributed by atoms with Gasteiger partial charge in [0.2, 0.25) is 0 Å². The van der Waals surface area contributed by atoms with Crippen LogP contribution in [0.1, 0.15) is 13.3 Å². The van der Waals surface area contributed by atoms with E-state index >= 15 is 0 Å². The summed E-state index contributed by atoms with van der Waals surface area (Å²) in [6.45, 7) is 2.90. The van der Waals surface area contributed by atoms with Crippen molar-refractivity contribution in [2.45, 2.75) is 18.9 Å². The molecule has 0 aromatic carbocycles. The van der Waals surface area contributed by atoms with Gasteiger partial charge in [0.25, 0.3) is 0 Å². The third-order valence-electron chi connectivity index (χ3n) is 1.53. The van der Waals surface area contributed by atoms with E-state index in [4.69, 9.17) is 15.1 Å². The maximum absolute atomic E-state index is 8.76. The lowest BCUT2D eigenvalue weighted by molar-refractivity contribution is 0.144. The van der Waals surface area contributed by atoms with Crippen LogP contribution in [-0.4, -0.2) is 37.5 Å². The molecule has 4 nitrogen and oxygen atoms in total. The molecular formula is C8H16N2O2. The third-order valence-corrected chi connectivity index (χ3v) is 1.53. The van der Waals surface area contributed by atoms with Gasteiger partial charge in [-0.2, -0.15) is 5.26 Å². The minimum absolute atomic E-state index is 0.140. The maximum Gasteiger partial charge on any atom is 0.127 e. The van der Waals surface area contributed by atoms with Crippen molar-refractivity contribution in [1.82, 2.24) is 5.32 Å². The zero-order valence-corrected chi connectivity index (χ0v) is 7.63. The molecule has 0 aliphatic rings. The Balaban J connectivity index is 3.73. The van der Waals surface area contributed by atoms with Gasteiger partial charge in [0.05, 0.1) is 12.7 Å². The average Bonchev–Trinajstić information content (AvgIpc) is 2.06. The summed E-state index contributed by atoms with van der Waals surface area (Å²) >= 11 is 0. The molecule has 0 saturated carbocycles. The van der Waals surface area contributed by atoms with E-state index in [0.29, 0.717) is 19.6 Å². The van der Waals surface area contributed by atoms with Gasteiger partial charge in [-0.25, -0.2) is 0 Å². The lowest BCUT2D eigenvalue weighted by atomic mass is 10.1. The molecule has 2 N–H and O–H groups in total. The Labute approximate surface area is 73.1 Å². The zero-order valence-electron chi connectivity index (χ0n) is 7.63. The van der Waals surface area contributed by atoms with E-state index in [1.807, 2.05) is 0 Å². The van der Waals surface area contributed by atoms with Gasteiger partial charge < -0.3 is 9.84 Å². The van der Waals surface area contributed by atoms with Gasteiger partial charge in [-0.1, -0.05) is 0 Å². The van der Waals surface area contributed by atoms with E-state index in [-0.39, 0.29) is 6.61 Å². The number of nitrogens with one attached hydrogen (secondary N) is 1. The molecule has 0 amide bonds. The molecule has 0 aromatic rings. The van der Waals surface area contributed by atoms with Crippen LogP contribution in [-0.2, 0) is 4.74 Å². The second-order valence-corrected chi connectivity index (χ2v) is 2.88. The van der Waals surface area contributed by atoms with E-state index in [2.05, 4.69) is 11.4 Å². The van der Waals surface area contributed by atoms with Crippen LogP contribution in [0.4, 0.5) is 0 Å². The van der Waals surface area contributed by atoms with Crippen molar-refractivity contribution < 1.29 is 9.84 Å². The van der Waals surface area contributed by atoms with Crippen LogP contribution in [0.25, 0.3) is 0 Å². The molecule has 1 unspecified atom stereocenters. The molecule has 12 heavy (non-hydrogen) atoms. The molecular weight excluding hydrogens is 156 g/mol. The van der Waals surface area contributed by atoms with Gasteiger partial charge in [0, 0.05) is 13.7 Å². The van der Waals surface area contributed by atoms with Crippen molar-refractivity contribution in [3.8, 4) is 6.07 Å². The largest absolute Gasteiger partial charge is 0.396 e. The summed E-state index contributed by atoms with van der Waals surface area (Å²) in [7, 11) is 1.56. The van der Waals surface area contributed by atoms with Crippen molar-refractivity contribution in [3.63, 3.8) is 0 Å². The summed E-state index contributed by atoms with van der Waals surface area (Å²) in [6.07, 6.45) is 0.654. The third kappa shape index (κ3) is 4.29. The van der Waals surface area contributed by atoms with Crippen LogP contribution >= 0.6 is 0 Å². The topological polar surface area (TPSA) is 65.3 Å². The molecule has 0 spiro atoms. The van der Waals surface area contributed by atoms with E-state index in [1.165, 1.54) is 0 Å². The second-order valence-electron chi connectivity index (χ2n) is 2.88. The molecule has 0 heterocycles. The van der Waals surface area contributed by atoms with Gasteiger partial charge in [0.15, 0.2) is 0 Å². The van der Waals surface area contributed by atoms with Crippen molar-refractivity contribution in [3.05, 3.63) is 0 Å². The zero-order chi connectivity index (χ0) is 9.45. The van der Waals surface area contributed by atoms with Crippen LogP contribution in [0.2, 0.25) is 0 Å². The number of hydrogen-bond acceptors (Lipinski definition) is 4. The number of methoxy groups -OCH3 is 1. The lowest BCUT2D eigenvalue weighted by Crippen LogP contribution is -2.45. The first-order valence-corrected chi connectivity index (χ1v) is 3.94. The number of aliphatic hydroxyl groups excluding tert-OH is 1. The molecule has 0 aromatic heterocycles. The second kappa shape index (κ2) is 5.95. The average molecular weight is 172 g/mol. The highest BCUT2D eigenvalue weighted by Crippen LogP contribution is 2.01. The molecule has 0 radical (unpaired) electrons. The monoisotopic (exact) mass is 172 g/mol. The quantitative estimate of drug-likeness (QED) is 0.548. The summed E-state index contributed by atoms with van der Waals surface area (Å²) in [5.74, 6) is 0. The van der Waals surface area contributed by atoms with Crippen LogP contribution in [0.15, 0.2) is 0 Å².